The van der Waals surface area contributed by atoms with Crippen molar-refractivity contribution in [3.8, 4) is 0 Å². The molecule has 1 atom stereocenters. The Balaban J connectivity index is 2.30. The van der Waals surface area contributed by atoms with Crippen molar-refractivity contribution in [2.24, 2.45) is 0 Å². The number of rotatable bonds is 3. The minimum absolute atomic E-state index is 0.342. The lowest BCUT2D eigenvalue weighted by Crippen LogP contribution is -2.34. The van der Waals surface area contributed by atoms with Crippen LogP contribution in [-0.2, 0) is 4.79 Å². The van der Waals surface area contributed by atoms with Crippen LogP contribution >= 0.6 is 11.8 Å². The topological polar surface area (TPSA) is 20.3 Å². The lowest BCUT2D eigenvalue weighted by molar-refractivity contribution is -0.131. The molecule has 0 aliphatic carbocycles. The molecule has 0 radical (unpaired) electrons. The summed E-state index contributed by atoms with van der Waals surface area (Å²) in [5, 5.41) is 0. The number of amides is 1. The van der Waals surface area contributed by atoms with E-state index in [9.17, 15) is 4.79 Å². The normalized spacial score (nSPS) is 23.2. The van der Waals surface area contributed by atoms with Gasteiger partial charge in [0.2, 0.25) is 5.91 Å². The number of carbonyl (C=O) groups excluding carboxylic acids is 1. The van der Waals surface area contributed by atoms with Crippen LogP contribution in [0.15, 0.2) is 0 Å². The maximum Gasteiger partial charge on any atom is 0.223 e. The second-order valence-corrected chi connectivity index (χ2v) is 4.32. The molecular weight excluding hydrogens is 170 g/mol. The molecule has 12 heavy (non-hydrogen) atoms. The third-order valence-corrected chi connectivity index (χ3v) is 3.36. The van der Waals surface area contributed by atoms with Crippen LogP contribution in [0.25, 0.3) is 0 Å². The molecule has 3 heteroatoms. The van der Waals surface area contributed by atoms with Crippen molar-refractivity contribution in [1.29, 1.82) is 0 Å². The van der Waals surface area contributed by atoms with Crippen LogP contribution in [0.5, 0.6) is 0 Å². The van der Waals surface area contributed by atoms with Gasteiger partial charge in [-0.05, 0) is 13.3 Å². The predicted octanol–water partition coefficient (Wildman–Crippen LogP) is 2.10. The maximum atomic E-state index is 11.5. The molecule has 1 amide bonds. The second kappa shape index (κ2) is 4.75. The van der Waals surface area contributed by atoms with Gasteiger partial charge in [0.15, 0.2) is 0 Å². The van der Waals surface area contributed by atoms with Crippen LogP contribution in [0.3, 0.4) is 0 Å². The summed E-state index contributed by atoms with van der Waals surface area (Å²) in [5.74, 6) is 2.36. The molecule has 0 spiro atoms. The van der Waals surface area contributed by atoms with Crippen molar-refractivity contribution in [3.63, 3.8) is 0 Å². The summed E-state index contributed by atoms with van der Waals surface area (Å²) in [4.78, 5) is 13.5. The van der Waals surface area contributed by atoms with Gasteiger partial charge < -0.3 is 4.90 Å². The minimum Gasteiger partial charge on any atom is -0.330 e. The third kappa shape index (κ3) is 2.41. The van der Waals surface area contributed by atoms with Crippen LogP contribution in [0.2, 0.25) is 0 Å². The zero-order valence-corrected chi connectivity index (χ0v) is 8.69. The number of hydrogen-bond donors (Lipinski definition) is 0. The highest BCUT2D eigenvalue weighted by molar-refractivity contribution is 7.99. The summed E-state index contributed by atoms with van der Waals surface area (Å²) in [5.41, 5.74) is 0. The summed E-state index contributed by atoms with van der Waals surface area (Å²) >= 11 is 1.86. The molecule has 0 aromatic carbocycles. The molecule has 1 fully saturated rings. The largest absolute Gasteiger partial charge is 0.330 e. The summed E-state index contributed by atoms with van der Waals surface area (Å²) in [6.45, 7) is 4.25. The van der Waals surface area contributed by atoms with Gasteiger partial charge in [-0.25, -0.2) is 0 Å². The fourth-order valence-electron chi connectivity index (χ4n) is 1.33. The highest BCUT2D eigenvalue weighted by atomic mass is 32.2. The molecule has 0 bridgehead atoms. The molecule has 1 aliphatic rings. The van der Waals surface area contributed by atoms with Gasteiger partial charge in [0, 0.05) is 18.2 Å². The monoisotopic (exact) mass is 187 g/mol. The van der Waals surface area contributed by atoms with Gasteiger partial charge in [0.25, 0.3) is 0 Å². The van der Waals surface area contributed by atoms with Crippen molar-refractivity contribution in [2.75, 3.05) is 11.6 Å². The van der Waals surface area contributed by atoms with E-state index >= 15 is 0 Å². The van der Waals surface area contributed by atoms with Gasteiger partial charge in [-0.1, -0.05) is 13.3 Å². The van der Waals surface area contributed by atoms with Gasteiger partial charge in [-0.2, -0.15) is 0 Å². The number of carbonyl (C=O) groups is 1. The van der Waals surface area contributed by atoms with E-state index in [-0.39, 0.29) is 0 Å². The van der Waals surface area contributed by atoms with E-state index in [1.807, 2.05) is 16.7 Å². The van der Waals surface area contributed by atoms with Gasteiger partial charge >= 0.3 is 0 Å². The second-order valence-electron chi connectivity index (χ2n) is 3.32. The molecule has 70 valence electrons. The van der Waals surface area contributed by atoms with E-state index in [0.717, 1.165) is 30.9 Å². The molecule has 1 unspecified atom stereocenters. The molecule has 2 nitrogen and oxygen atoms in total. The van der Waals surface area contributed by atoms with E-state index in [2.05, 4.69) is 13.8 Å². The number of thioether (sulfide) groups is 1. The highest BCUT2D eigenvalue weighted by Crippen LogP contribution is 2.21. The van der Waals surface area contributed by atoms with E-state index < -0.39 is 0 Å². The van der Waals surface area contributed by atoms with E-state index in [1.165, 1.54) is 0 Å². The van der Waals surface area contributed by atoms with Crippen LogP contribution in [0, 0.1) is 0 Å². The number of nitrogens with zero attached hydrogens (tertiary/aromatic N) is 1. The first kappa shape index (κ1) is 9.90. The first-order valence-corrected chi connectivity index (χ1v) is 5.78. The Hall–Kier alpha value is -0.180. The average molecular weight is 187 g/mol. The lowest BCUT2D eigenvalue weighted by Gasteiger charge is -2.19. The number of unbranched alkanes of at least 4 members (excludes halogenated alkanes) is 1. The lowest BCUT2D eigenvalue weighted by atomic mass is 10.2. The third-order valence-electron chi connectivity index (χ3n) is 2.19. The first-order valence-electron chi connectivity index (χ1n) is 4.63. The quantitative estimate of drug-likeness (QED) is 0.674. The van der Waals surface area contributed by atoms with E-state index in [1.54, 1.807) is 0 Å². The Morgan fingerprint density at radius 2 is 2.42 bits per heavy atom. The molecule has 1 aliphatic heterocycles. The molecule has 1 rings (SSSR count). The molecule has 0 N–H and O–H groups in total. The van der Waals surface area contributed by atoms with Crippen molar-refractivity contribution in [2.45, 2.75) is 39.2 Å². The summed E-state index contributed by atoms with van der Waals surface area (Å²) in [7, 11) is 0. The van der Waals surface area contributed by atoms with Gasteiger partial charge in [0.1, 0.15) is 0 Å². The molecular formula is C9H17NOS. The molecule has 1 heterocycles. The fraction of sp³-hybridized carbons (Fsp3) is 0.889. The maximum absolute atomic E-state index is 11.5. The van der Waals surface area contributed by atoms with Gasteiger partial charge in [0.05, 0.1) is 5.88 Å². The first-order chi connectivity index (χ1) is 5.75. The zero-order valence-electron chi connectivity index (χ0n) is 7.88. The molecule has 0 aromatic rings. The van der Waals surface area contributed by atoms with Crippen LogP contribution < -0.4 is 0 Å². The van der Waals surface area contributed by atoms with Crippen LogP contribution in [0.4, 0.5) is 0 Å². The van der Waals surface area contributed by atoms with Crippen molar-refractivity contribution >= 4 is 17.7 Å². The van der Waals surface area contributed by atoms with E-state index in [0.29, 0.717) is 11.9 Å². The number of hydrogen-bond acceptors (Lipinski definition) is 2. The highest BCUT2D eigenvalue weighted by Gasteiger charge is 2.24. The Kier molecular flexibility index (Phi) is 3.92. The SMILES string of the molecule is CCCCC(=O)N1CSCC1C. The van der Waals surface area contributed by atoms with Crippen molar-refractivity contribution in [3.05, 3.63) is 0 Å². The zero-order chi connectivity index (χ0) is 8.97. The fourth-order valence-corrected chi connectivity index (χ4v) is 2.55. The van der Waals surface area contributed by atoms with Crippen LogP contribution in [-0.4, -0.2) is 28.5 Å². The van der Waals surface area contributed by atoms with Crippen LogP contribution in [0.1, 0.15) is 33.1 Å². The Bertz CT molecular complexity index is 161. The van der Waals surface area contributed by atoms with E-state index in [4.69, 9.17) is 0 Å². The molecule has 0 saturated carbocycles. The predicted molar refractivity (Wildman–Crippen MR) is 53.2 cm³/mol. The summed E-state index contributed by atoms with van der Waals surface area (Å²) < 4.78 is 0. The summed E-state index contributed by atoms with van der Waals surface area (Å²) in [6, 6.07) is 0.458. The Labute approximate surface area is 78.7 Å². The Morgan fingerprint density at radius 1 is 1.67 bits per heavy atom. The van der Waals surface area contributed by atoms with Gasteiger partial charge in [-0.3, -0.25) is 4.79 Å². The molecule has 1 saturated heterocycles. The van der Waals surface area contributed by atoms with Crippen molar-refractivity contribution in [1.82, 2.24) is 4.90 Å². The van der Waals surface area contributed by atoms with Gasteiger partial charge in [-0.15, -0.1) is 11.8 Å². The smallest absolute Gasteiger partial charge is 0.223 e. The summed E-state index contributed by atoms with van der Waals surface area (Å²) in [6.07, 6.45) is 2.88. The molecule has 0 aromatic heterocycles. The average Bonchev–Trinajstić information content (AvgIpc) is 2.47. The standard InChI is InChI=1S/C9H17NOS/c1-3-4-5-9(11)10-7-12-6-8(10)2/h8H,3-7H2,1-2H3. The Morgan fingerprint density at radius 3 is 2.92 bits per heavy atom. The minimum atomic E-state index is 0.342. The van der Waals surface area contributed by atoms with Crippen molar-refractivity contribution < 1.29 is 4.79 Å².